The van der Waals surface area contributed by atoms with E-state index < -0.39 is 5.54 Å². The number of likely N-dealkylation sites (N-methyl/N-ethyl adjacent to an activating group) is 1. The van der Waals surface area contributed by atoms with Gasteiger partial charge in [-0.25, -0.2) is 0 Å². The number of hydrogen-bond acceptors (Lipinski definition) is 4. The summed E-state index contributed by atoms with van der Waals surface area (Å²) >= 11 is 0. The van der Waals surface area contributed by atoms with E-state index in [4.69, 9.17) is 4.42 Å². The second kappa shape index (κ2) is 6.90. The van der Waals surface area contributed by atoms with Gasteiger partial charge in [-0.1, -0.05) is 13.8 Å². The third kappa shape index (κ3) is 3.84. The summed E-state index contributed by atoms with van der Waals surface area (Å²) in [4.78, 5) is 16.0. The zero-order chi connectivity index (χ0) is 15.3. The van der Waals surface area contributed by atoms with Crippen molar-refractivity contribution in [2.75, 3.05) is 26.7 Å². The Balaban J connectivity index is 2.79. The maximum atomic E-state index is 12.3. The highest BCUT2D eigenvalue weighted by atomic mass is 16.4. The Kier molecular flexibility index (Phi) is 5.77. The van der Waals surface area contributed by atoms with Gasteiger partial charge in [0.1, 0.15) is 5.76 Å². The third-order valence-electron chi connectivity index (χ3n) is 3.75. The van der Waals surface area contributed by atoms with Crippen LogP contribution < -0.4 is 0 Å². The van der Waals surface area contributed by atoms with Gasteiger partial charge in [-0.15, -0.1) is 0 Å². The molecule has 1 amide bonds. The van der Waals surface area contributed by atoms with Crippen molar-refractivity contribution < 1.29 is 14.3 Å². The second-order valence-electron chi connectivity index (χ2n) is 5.56. The van der Waals surface area contributed by atoms with Gasteiger partial charge in [0.2, 0.25) is 0 Å². The van der Waals surface area contributed by atoms with Crippen molar-refractivity contribution in [3.05, 3.63) is 23.7 Å². The Morgan fingerprint density at radius 3 is 2.40 bits per heavy atom. The fraction of sp³-hybridized carbons (Fsp3) is 0.667. The molecular weight excluding hydrogens is 256 g/mol. The highest BCUT2D eigenvalue weighted by molar-refractivity contribution is 5.91. The van der Waals surface area contributed by atoms with E-state index in [1.807, 2.05) is 19.9 Å². The van der Waals surface area contributed by atoms with Gasteiger partial charge in [0.15, 0.2) is 5.76 Å². The molecule has 0 fully saturated rings. The molecular formula is C15H26N2O3. The van der Waals surface area contributed by atoms with Gasteiger partial charge in [0.25, 0.3) is 5.91 Å². The van der Waals surface area contributed by atoms with E-state index in [-0.39, 0.29) is 12.5 Å². The number of aliphatic hydroxyl groups is 1. The van der Waals surface area contributed by atoms with E-state index in [1.165, 1.54) is 4.90 Å². The molecule has 5 nitrogen and oxygen atoms in total. The summed E-state index contributed by atoms with van der Waals surface area (Å²) in [7, 11) is 1.67. The molecule has 0 atom stereocenters. The highest BCUT2D eigenvalue weighted by Crippen LogP contribution is 2.18. The number of aliphatic hydroxyl groups excluding tert-OH is 1. The minimum atomic E-state index is -0.608. The van der Waals surface area contributed by atoms with Crippen LogP contribution in [0, 0.1) is 0 Å². The minimum Gasteiger partial charge on any atom is -0.455 e. The first kappa shape index (κ1) is 16.7. The Morgan fingerprint density at radius 2 is 1.90 bits per heavy atom. The Labute approximate surface area is 121 Å². The van der Waals surface area contributed by atoms with E-state index in [1.54, 1.807) is 13.1 Å². The van der Waals surface area contributed by atoms with E-state index in [0.717, 1.165) is 18.8 Å². The molecule has 0 aliphatic heterocycles. The van der Waals surface area contributed by atoms with E-state index >= 15 is 0 Å². The summed E-state index contributed by atoms with van der Waals surface area (Å²) in [6.45, 7) is 10.3. The normalized spacial score (nSPS) is 11.9. The molecule has 1 aromatic heterocycles. The summed E-state index contributed by atoms with van der Waals surface area (Å²) < 4.78 is 5.63. The van der Waals surface area contributed by atoms with Crippen molar-refractivity contribution in [3.63, 3.8) is 0 Å². The lowest BCUT2D eigenvalue weighted by Gasteiger charge is -2.33. The van der Waals surface area contributed by atoms with Crippen LogP contribution in [0.15, 0.2) is 16.5 Å². The largest absolute Gasteiger partial charge is 0.455 e. The molecule has 20 heavy (non-hydrogen) atoms. The molecule has 0 aliphatic rings. The first-order valence-corrected chi connectivity index (χ1v) is 7.05. The van der Waals surface area contributed by atoms with Crippen molar-refractivity contribution in [1.29, 1.82) is 0 Å². The van der Waals surface area contributed by atoms with Crippen LogP contribution >= 0.6 is 0 Å². The van der Waals surface area contributed by atoms with Gasteiger partial charge in [-0.2, -0.15) is 0 Å². The van der Waals surface area contributed by atoms with E-state index in [9.17, 15) is 9.90 Å². The first-order chi connectivity index (χ1) is 9.35. The van der Waals surface area contributed by atoms with Crippen LogP contribution in [0.3, 0.4) is 0 Å². The predicted molar refractivity (Wildman–Crippen MR) is 78.6 cm³/mol. The lowest BCUT2D eigenvalue weighted by atomic mass is 10.1. The first-order valence-electron chi connectivity index (χ1n) is 7.05. The molecule has 0 spiro atoms. The van der Waals surface area contributed by atoms with Crippen molar-refractivity contribution in [1.82, 2.24) is 9.80 Å². The number of carbonyl (C=O) groups is 1. The second-order valence-corrected chi connectivity index (χ2v) is 5.56. The lowest BCUT2D eigenvalue weighted by Crippen LogP contribution is -2.47. The van der Waals surface area contributed by atoms with Gasteiger partial charge in [0, 0.05) is 7.05 Å². The van der Waals surface area contributed by atoms with Crippen LogP contribution in [0.5, 0.6) is 0 Å². The SMILES string of the molecule is CCN(CC)Cc1ccc(C(=O)N(C)C(C)(C)CO)o1. The van der Waals surface area contributed by atoms with Gasteiger partial charge in [-0.05, 0) is 39.1 Å². The molecule has 1 heterocycles. The maximum Gasteiger partial charge on any atom is 0.289 e. The van der Waals surface area contributed by atoms with Crippen LogP contribution in [-0.2, 0) is 6.54 Å². The standard InChI is InChI=1S/C15H26N2O3/c1-6-17(7-2)10-12-8-9-13(20-12)14(19)16(5)15(3,4)11-18/h8-9,18H,6-7,10-11H2,1-5H3. The van der Waals surface area contributed by atoms with Crippen molar-refractivity contribution in [2.45, 2.75) is 39.8 Å². The van der Waals surface area contributed by atoms with Gasteiger partial charge < -0.3 is 14.4 Å². The number of hydrogen-bond donors (Lipinski definition) is 1. The van der Waals surface area contributed by atoms with Crippen molar-refractivity contribution in [2.24, 2.45) is 0 Å². The zero-order valence-corrected chi connectivity index (χ0v) is 13.1. The van der Waals surface area contributed by atoms with Crippen LogP contribution in [-0.4, -0.2) is 53.1 Å². The van der Waals surface area contributed by atoms with Gasteiger partial charge >= 0.3 is 0 Å². The van der Waals surface area contributed by atoms with E-state index in [0.29, 0.717) is 12.3 Å². The smallest absolute Gasteiger partial charge is 0.289 e. The molecule has 5 heteroatoms. The molecule has 1 aromatic rings. The molecule has 0 bridgehead atoms. The molecule has 0 saturated heterocycles. The van der Waals surface area contributed by atoms with Crippen LogP contribution in [0.1, 0.15) is 44.0 Å². The molecule has 1 rings (SSSR count). The molecule has 114 valence electrons. The summed E-state index contributed by atoms with van der Waals surface area (Å²) in [5.74, 6) is 0.887. The van der Waals surface area contributed by atoms with Crippen molar-refractivity contribution >= 4 is 5.91 Å². The number of rotatable bonds is 7. The molecule has 1 N–H and O–H groups in total. The Hall–Kier alpha value is -1.33. The van der Waals surface area contributed by atoms with Crippen molar-refractivity contribution in [3.8, 4) is 0 Å². The van der Waals surface area contributed by atoms with Gasteiger partial charge in [-0.3, -0.25) is 9.69 Å². The summed E-state index contributed by atoms with van der Waals surface area (Å²) in [6, 6.07) is 3.54. The summed E-state index contributed by atoms with van der Waals surface area (Å²) in [6.07, 6.45) is 0. The summed E-state index contributed by atoms with van der Waals surface area (Å²) in [5, 5.41) is 9.32. The molecule has 0 saturated carbocycles. The van der Waals surface area contributed by atoms with Crippen LogP contribution in [0.2, 0.25) is 0 Å². The molecule has 0 radical (unpaired) electrons. The predicted octanol–water partition coefficient (Wildman–Crippen LogP) is 1.96. The molecule has 0 aliphatic carbocycles. The summed E-state index contributed by atoms with van der Waals surface area (Å²) in [5.41, 5.74) is -0.608. The number of carbonyl (C=O) groups excluding carboxylic acids is 1. The topological polar surface area (TPSA) is 56.9 Å². The Morgan fingerprint density at radius 1 is 1.30 bits per heavy atom. The number of nitrogens with zero attached hydrogens (tertiary/aromatic N) is 2. The lowest BCUT2D eigenvalue weighted by molar-refractivity contribution is 0.0441. The molecule has 0 unspecified atom stereocenters. The fourth-order valence-electron chi connectivity index (χ4n) is 1.79. The third-order valence-corrected chi connectivity index (χ3v) is 3.75. The minimum absolute atomic E-state index is 0.0950. The maximum absolute atomic E-state index is 12.3. The van der Waals surface area contributed by atoms with Gasteiger partial charge in [0.05, 0.1) is 18.7 Å². The monoisotopic (exact) mass is 282 g/mol. The quantitative estimate of drug-likeness (QED) is 0.830. The highest BCUT2D eigenvalue weighted by Gasteiger charge is 2.29. The molecule has 0 aromatic carbocycles. The average Bonchev–Trinajstić information content (AvgIpc) is 2.91. The number of furan rings is 1. The Bertz CT molecular complexity index is 436. The van der Waals surface area contributed by atoms with Crippen LogP contribution in [0.4, 0.5) is 0 Å². The van der Waals surface area contributed by atoms with Crippen LogP contribution in [0.25, 0.3) is 0 Å². The zero-order valence-electron chi connectivity index (χ0n) is 13.1. The van der Waals surface area contributed by atoms with E-state index in [2.05, 4.69) is 18.7 Å². The average molecular weight is 282 g/mol. The fourth-order valence-corrected chi connectivity index (χ4v) is 1.79. The number of amides is 1.